The molecule has 0 aliphatic carbocycles. The molecule has 0 bridgehead atoms. The Bertz CT molecular complexity index is 1290. The molecular formula is C51H90N2O6P+. The van der Waals surface area contributed by atoms with Gasteiger partial charge in [-0.2, -0.15) is 0 Å². The van der Waals surface area contributed by atoms with E-state index in [-0.39, 0.29) is 19.1 Å². The first-order chi connectivity index (χ1) is 29.0. The molecule has 0 spiro atoms. The maximum absolute atomic E-state index is 12.9. The van der Waals surface area contributed by atoms with Crippen molar-refractivity contribution in [2.24, 2.45) is 0 Å². The van der Waals surface area contributed by atoms with Crippen LogP contribution >= 0.6 is 7.82 Å². The molecule has 0 fully saturated rings. The largest absolute Gasteiger partial charge is 0.472 e. The van der Waals surface area contributed by atoms with Crippen molar-refractivity contribution in [3.8, 4) is 0 Å². The standard InChI is InChI=1S/C51H89N2O6P/c1-6-8-10-12-14-16-18-19-20-21-22-23-24-25-26-27-28-29-30-31-32-33-35-37-39-41-43-45-51(55)52-49(48-59-60(56,57)58-47-46-53(3,4)5)50(54)44-42-40-38-36-34-17-15-13-11-9-7-2/h8,10,14,16,19-20,22-23,25-26,28-29,31-32,42,44,49-50,54H,6-7,9,11-13,15,17-18,21,24,27,30,33-41,43,45-48H2,1-5H3,(H-,52,55,56,57)/p+1/b10-8-,16-14-,20-19-,23-22-,26-25-,29-28-,32-31-,44-42+. The van der Waals surface area contributed by atoms with Gasteiger partial charge in [-0.25, -0.2) is 4.57 Å². The summed E-state index contributed by atoms with van der Waals surface area (Å²) < 4.78 is 23.5. The summed E-state index contributed by atoms with van der Waals surface area (Å²) >= 11 is 0. The normalized spacial score (nSPS) is 15.1. The highest BCUT2D eigenvalue weighted by atomic mass is 31.2. The molecule has 8 nitrogen and oxygen atoms in total. The number of hydrogen-bond acceptors (Lipinski definition) is 5. The number of unbranched alkanes of at least 4 members (excludes halogenated alkanes) is 14. The smallest absolute Gasteiger partial charge is 0.387 e. The number of allylic oxidation sites excluding steroid dienone is 15. The maximum atomic E-state index is 12.9. The number of amides is 1. The molecule has 60 heavy (non-hydrogen) atoms. The lowest BCUT2D eigenvalue weighted by atomic mass is 10.1. The quantitative estimate of drug-likeness (QED) is 0.0245. The molecule has 3 N–H and O–H groups in total. The zero-order chi connectivity index (χ0) is 44.3. The summed E-state index contributed by atoms with van der Waals surface area (Å²) in [4.78, 5) is 23.1. The fourth-order valence-corrected chi connectivity index (χ4v) is 6.81. The minimum atomic E-state index is -4.35. The second kappa shape index (κ2) is 41.8. The number of aliphatic hydroxyl groups is 1. The van der Waals surface area contributed by atoms with E-state index < -0.39 is 20.0 Å². The zero-order valence-electron chi connectivity index (χ0n) is 38.9. The molecule has 0 aliphatic rings. The molecule has 0 aromatic heterocycles. The van der Waals surface area contributed by atoms with Crippen LogP contribution in [0.5, 0.6) is 0 Å². The number of carbonyl (C=O) groups is 1. The van der Waals surface area contributed by atoms with Crippen molar-refractivity contribution in [1.82, 2.24) is 5.32 Å². The van der Waals surface area contributed by atoms with Gasteiger partial charge in [0.2, 0.25) is 5.91 Å². The van der Waals surface area contributed by atoms with Crippen LogP contribution in [-0.2, 0) is 18.4 Å². The predicted molar refractivity (Wildman–Crippen MR) is 258 cm³/mol. The van der Waals surface area contributed by atoms with Crippen molar-refractivity contribution in [2.45, 2.75) is 180 Å². The first kappa shape index (κ1) is 57.4. The molecule has 0 rings (SSSR count). The van der Waals surface area contributed by atoms with Gasteiger partial charge in [0.05, 0.1) is 39.9 Å². The molecule has 0 aromatic carbocycles. The van der Waals surface area contributed by atoms with E-state index in [0.717, 1.165) is 103 Å². The molecule has 344 valence electrons. The van der Waals surface area contributed by atoms with E-state index in [4.69, 9.17) is 9.05 Å². The van der Waals surface area contributed by atoms with Crippen LogP contribution in [0.15, 0.2) is 97.2 Å². The Hall–Kier alpha value is -2.58. The van der Waals surface area contributed by atoms with Gasteiger partial charge in [-0.05, 0) is 77.0 Å². The van der Waals surface area contributed by atoms with Crippen molar-refractivity contribution in [3.63, 3.8) is 0 Å². The fraction of sp³-hybridized carbons (Fsp3) is 0.667. The summed E-state index contributed by atoms with van der Waals surface area (Å²) in [7, 11) is 1.54. The van der Waals surface area contributed by atoms with E-state index in [1.807, 2.05) is 27.2 Å². The number of aliphatic hydroxyl groups excluding tert-OH is 1. The van der Waals surface area contributed by atoms with Crippen LogP contribution in [0.3, 0.4) is 0 Å². The predicted octanol–water partition coefficient (Wildman–Crippen LogP) is 13.5. The Morgan fingerprint density at radius 3 is 1.47 bits per heavy atom. The first-order valence-corrected chi connectivity index (χ1v) is 25.1. The third-order valence-electron chi connectivity index (χ3n) is 9.81. The highest BCUT2D eigenvalue weighted by Gasteiger charge is 2.27. The number of nitrogens with zero attached hydrogens (tertiary/aromatic N) is 1. The van der Waals surface area contributed by atoms with Crippen LogP contribution in [0.1, 0.15) is 168 Å². The zero-order valence-corrected chi connectivity index (χ0v) is 39.8. The van der Waals surface area contributed by atoms with E-state index in [1.54, 1.807) is 6.08 Å². The Kier molecular flexibility index (Phi) is 40.0. The number of nitrogens with one attached hydrogen (secondary N) is 1. The minimum absolute atomic E-state index is 0.0517. The number of quaternary nitrogens is 1. The average molecular weight is 858 g/mol. The fourth-order valence-electron chi connectivity index (χ4n) is 6.08. The summed E-state index contributed by atoms with van der Waals surface area (Å²) in [5.41, 5.74) is 0. The van der Waals surface area contributed by atoms with Gasteiger partial charge in [-0.1, -0.05) is 182 Å². The number of carbonyl (C=O) groups excluding carboxylic acids is 1. The van der Waals surface area contributed by atoms with Crippen molar-refractivity contribution < 1.29 is 32.9 Å². The topological polar surface area (TPSA) is 105 Å². The Morgan fingerprint density at radius 2 is 1.00 bits per heavy atom. The maximum Gasteiger partial charge on any atom is 0.472 e. The lowest BCUT2D eigenvalue weighted by Crippen LogP contribution is -2.45. The van der Waals surface area contributed by atoms with Gasteiger partial charge in [-0.3, -0.25) is 13.8 Å². The second-order valence-corrected chi connectivity index (χ2v) is 18.2. The highest BCUT2D eigenvalue weighted by Crippen LogP contribution is 2.43. The Labute approximate surface area is 369 Å². The average Bonchev–Trinajstić information content (AvgIpc) is 3.20. The minimum Gasteiger partial charge on any atom is -0.387 e. The Morgan fingerprint density at radius 1 is 0.583 bits per heavy atom. The van der Waals surface area contributed by atoms with Crippen LogP contribution in [0.2, 0.25) is 0 Å². The number of hydrogen-bond donors (Lipinski definition) is 3. The number of phosphoric ester groups is 1. The van der Waals surface area contributed by atoms with E-state index in [9.17, 15) is 19.4 Å². The first-order valence-electron chi connectivity index (χ1n) is 23.6. The van der Waals surface area contributed by atoms with E-state index >= 15 is 0 Å². The van der Waals surface area contributed by atoms with Crippen molar-refractivity contribution >= 4 is 13.7 Å². The third kappa shape index (κ3) is 43.5. The summed E-state index contributed by atoms with van der Waals surface area (Å²) in [6.45, 7) is 4.64. The molecule has 0 heterocycles. The highest BCUT2D eigenvalue weighted by molar-refractivity contribution is 7.47. The number of rotatable bonds is 41. The SMILES string of the molecule is CC/C=C\C/C=C\C/C=C\C/C=C\C/C=C\C/C=C\C/C=C\CCCCCCCC(=O)NC(COP(=O)(O)OCC[N+](C)(C)C)C(O)/C=C/CCCCCCCCCCC. The monoisotopic (exact) mass is 858 g/mol. The summed E-state index contributed by atoms with van der Waals surface area (Å²) in [5, 5.41) is 13.8. The number of phosphoric acid groups is 1. The van der Waals surface area contributed by atoms with E-state index in [2.05, 4.69) is 104 Å². The summed E-state index contributed by atoms with van der Waals surface area (Å²) in [5.74, 6) is -0.203. The van der Waals surface area contributed by atoms with E-state index in [1.165, 1.54) is 44.9 Å². The molecule has 1 amide bonds. The molecule has 9 heteroatoms. The van der Waals surface area contributed by atoms with Crippen LogP contribution < -0.4 is 5.32 Å². The van der Waals surface area contributed by atoms with Crippen molar-refractivity contribution in [3.05, 3.63) is 97.2 Å². The van der Waals surface area contributed by atoms with Crippen molar-refractivity contribution in [2.75, 3.05) is 40.9 Å². The van der Waals surface area contributed by atoms with Gasteiger partial charge in [0, 0.05) is 6.42 Å². The van der Waals surface area contributed by atoms with Gasteiger partial charge >= 0.3 is 7.82 Å². The molecule has 0 aromatic rings. The summed E-state index contributed by atoms with van der Waals surface area (Å²) in [6.07, 6.45) is 59.1. The molecular weight excluding hydrogens is 768 g/mol. The Balaban J connectivity index is 4.34. The van der Waals surface area contributed by atoms with Gasteiger partial charge in [-0.15, -0.1) is 0 Å². The van der Waals surface area contributed by atoms with Crippen LogP contribution in [0.25, 0.3) is 0 Å². The molecule has 3 atom stereocenters. The van der Waals surface area contributed by atoms with Gasteiger partial charge in [0.25, 0.3) is 0 Å². The molecule has 3 unspecified atom stereocenters. The van der Waals surface area contributed by atoms with Gasteiger partial charge in [0.15, 0.2) is 0 Å². The second-order valence-electron chi connectivity index (χ2n) is 16.8. The van der Waals surface area contributed by atoms with Gasteiger partial charge in [0.1, 0.15) is 13.2 Å². The van der Waals surface area contributed by atoms with E-state index in [0.29, 0.717) is 17.4 Å². The van der Waals surface area contributed by atoms with Crippen molar-refractivity contribution in [1.29, 1.82) is 0 Å². The molecule has 0 aliphatic heterocycles. The lowest BCUT2D eigenvalue weighted by molar-refractivity contribution is -0.870. The molecule has 0 saturated heterocycles. The third-order valence-corrected chi connectivity index (χ3v) is 10.8. The summed E-state index contributed by atoms with van der Waals surface area (Å²) in [6, 6.07) is -0.862. The number of likely N-dealkylation sites (N-methyl/N-ethyl adjacent to an activating group) is 1. The van der Waals surface area contributed by atoms with Crippen LogP contribution in [-0.4, -0.2) is 73.4 Å². The van der Waals surface area contributed by atoms with Crippen LogP contribution in [0.4, 0.5) is 0 Å². The van der Waals surface area contributed by atoms with Gasteiger partial charge < -0.3 is 19.8 Å². The van der Waals surface area contributed by atoms with Crippen LogP contribution in [0, 0.1) is 0 Å². The lowest BCUT2D eigenvalue weighted by Gasteiger charge is -2.25. The molecule has 0 radical (unpaired) electrons. The molecule has 0 saturated carbocycles.